The summed E-state index contributed by atoms with van der Waals surface area (Å²) in [7, 11) is 0. The normalized spacial score (nSPS) is 14.7. The molecule has 4 heteroatoms. The number of carbonyl (C=O) groups is 1. The van der Waals surface area contributed by atoms with Crippen LogP contribution < -0.4 is 10.2 Å². The SMILES string of the molecule is CC(Nc1ccc(Br)cc1)C(=O)N1CCc2ccccc21. The van der Waals surface area contributed by atoms with E-state index in [0.717, 1.165) is 28.8 Å². The number of rotatable bonds is 3. The number of fused-ring (bicyclic) bond motifs is 1. The molecule has 1 aliphatic heterocycles. The lowest BCUT2D eigenvalue weighted by molar-refractivity contribution is -0.118. The second-order valence-corrected chi connectivity index (χ2v) is 6.16. The van der Waals surface area contributed by atoms with Crippen molar-refractivity contribution in [1.82, 2.24) is 0 Å². The molecule has 1 aliphatic rings. The molecule has 1 amide bonds. The molecule has 2 aromatic carbocycles. The van der Waals surface area contributed by atoms with Gasteiger partial charge in [0, 0.05) is 22.4 Å². The van der Waals surface area contributed by atoms with Crippen molar-refractivity contribution < 1.29 is 4.79 Å². The number of benzene rings is 2. The van der Waals surface area contributed by atoms with Crippen LogP contribution in [0.5, 0.6) is 0 Å². The molecule has 0 radical (unpaired) electrons. The van der Waals surface area contributed by atoms with Crippen molar-refractivity contribution in [3.63, 3.8) is 0 Å². The molecule has 0 aromatic heterocycles. The van der Waals surface area contributed by atoms with Gasteiger partial charge in [0.15, 0.2) is 0 Å². The first-order valence-corrected chi connectivity index (χ1v) is 7.86. The Balaban J connectivity index is 1.72. The Morgan fingerprint density at radius 2 is 1.90 bits per heavy atom. The first-order chi connectivity index (χ1) is 10.1. The maximum absolute atomic E-state index is 12.6. The van der Waals surface area contributed by atoms with Gasteiger partial charge >= 0.3 is 0 Å². The lowest BCUT2D eigenvalue weighted by atomic mass is 10.2. The molecule has 2 aromatic rings. The summed E-state index contributed by atoms with van der Waals surface area (Å²) in [5, 5.41) is 3.26. The molecule has 0 bridgehead atoms. The third-order valence-electron chi connectivity index (χ3n) is 3.75. The Morgan fingerprint density at radius 1 is 1.19 bits per heavy atom. The molecule has 0 fully saturated rings. The van der Waals surface area contributed by atoms with Gasteiger partial charge in [-0.3, -0.25) is 4.79 Å². The third kappa shape index (κ3) is 2.95. The second kappa shape index (κ2) is 5.90. The molecule has 0 spiro atoms. The quantitative estimate of drug-likeness (QED) is 0.917. The average molecular weight is 345 g/mol. The zero-order valence-electron chi connectivity index (χ0n) is 11.8. The van der Waals surface area contributed by atoms with Crippen molar-refractivity contribution in [3.8, 4) is 0 Å². The second-order valence-electron chi connectivity index (χ2n) is 5.24. The fourth-order valence-corrected chi connectivity index (χ4v) is 2.92. The monoisotopic (exact) mass is 344 g/mol. The van der Waals surface area contributed by atoms with Crippen molar-refractivity contribution in [2.24, 2.45) is 0 Å². The summed E-state index contributed by atoms with van der Waals surface area (Å²) in [6.45, 7) is 2.68. The number of para-hydroxylation sites is 1. The van der Waals surface area contributed by atoms with Crippen LogP contribution in [0.25, 0.3) is 0 Å². The van der Waals surface area contributed by atoms with E-state index in [9.17, 15) is 4.79 Å². The predicted octanol–water partition coefficient (Wildman–Crippen LogP) is 3.84. The smallest absolute Gasteiger partial charge is 0.249 e. The number of hydrogen-bond donors (Lipinski definition) is 1. The summed E-state index contributed by atoms with van der Waals surface area (Å²) in [6.07, 6.45) is 0.937. The van der Waals surface area contributed by atoms with E-state index in [2.05, 4.69) is 27.3 Å². The van der Waals surface area contributed by atoms with E-state index in [-0.39, 0.29) is 11.9 Å². The molecule has 1 unspecified atom stereocenters. The van der Waals surface area contributed by atoms with E-state index in [4.69, 9.17) is 0 Å². The number of nitrogens with one attached hydrogen (secondary N) is 1. The Labute approximate surface area is 133 Å². The van der Waals surface area contributed by atoms with Gasteiger partial charge in [-0.15, -0.1) is 0 Å². The number of anilines is 2. The van der Waals surface area contributed by atoms with Crippen LogP contribution in [0.15, 0.2) is 53.0 Å². The summed E-state index contributed by atoms with van der Waals surface area (Å²) in [5.74, 6) is 0.114. The number of nitrogens with zero attached hydrogens (tertiary/aromatic N) is 1. The lowest BCUT2D eigenvalue weighted by Crippen LogP contribution is -2.40. The van der Waals surface area contributed by atoms with E-state index in [1.165, 1.54) is 5.56 Å². The van der Waals surface area contributed by atoms with Crippen molar-refractivity contribution >= 4 is 33.2 Å². The molecule has 3 rings (SSSR count). The molecule has 0 saturated carbocycles. The van der Waals surface area contributed by atoms with Crippen molar-refractivity contribution in [3.05, 3.63) is 58.6 Å². The summed E-state index contributed by atoms with van der Waals surface area (Å²) in [5.41, 5.74) is 3.25. The topological polar surface area (TPSA) is 32.3 Å². The molecule has 108 valence electrons. The zero-order chi connectivity index (χ0) is 14.8. The maximum Gasteiger partial charge on any atom is 0.249 e. The van der Waals surface area contributed by atoms with Crippen LogP contribution >= 0.6 is 15.9 Å². The Hall–Kier alpha value is -1.81. The Morgan fingerprint density at radius 3 is 2.67 bits per heavy atom. The van der Waals surface area contributed by atoms with Crippen molar-refractivity contribution in [1.29, 1.82) is 0 Å². The van der Waals surface area contributed by atoms with E-state index in [1.807, 2.05) is 54.3 Å². The van der Waals surface area contributed by atoms with Crippen molar-refractivity contribution in [2.45, 2.75) is 19.4 Å². The zero-order valence-corrected chi connectivity index (χ0v) is 13.4. The van der Waals surface area contributed by atoms with Gasteiger partial charge in [-0.25, -0.2) is 0 Å². The maximum atomic E-state index is 12.6. The van der Waals surface area contributed by atoms with E-state index >= 15 is 0 Å². The Bertz CT molecular complexity index is 654. The number of hydrogen-bond acceptors (Lipinski definition) is 2. The number of carbonyl (C=O) groups excluding carboxylic acids is 1. The minimum atomic E-state index is -0.252. The molecule has 21 heavy (non-hydrogen) atoms. The van der Waals surface area contributed by atoms with Crippen LogP contribution in [0, 0.1) is 0 Å². The van der Waals surface area contributed by atoms with Gasteiger partial charge in [-0.1, -0.05) is 34.1 Å². The number of halogens is 1. The van der Waals surface area contributed by atoms with Gasteiger partial charge in [-0.05, 0) is 49.2 Å². The minimum Gasteiger partial charge on any atom is -0.374 e. The standard InChI is InChI=1S/C17H17BrN2O/c1-12(19-15-8-6-14(18)7-9-15)17(21)20-11-10-13-4-2-3-5-16(13)20/h2-9,12,19H,10-11H2,1H3. The summed E-state index contributed by atoms with van der Waals surface area (Å²) >= 11 is 3.41. The molecule has 0 aliphatic carbocycles. The molecular weight excluding hydrogens is 328 g/mol. The van der Waals surface area contributed by atoms with E-state index in [0.29, 0.717) is 0 Å². The lowest BCUT2D eigenvalue weighted by Gasteiger charge is -2.23. The van der Waals surface area contributed by atoms with Gasteiger partial charge in [0.2, 0.25) is 5.91 Å². The highest BCUT2D eigenvalue weighted by Gasteiger charge is 2.27. The first-order valence-electron chi connectivity index (χ1n) is 7.06. The molecule has 3 nitrogen and oxygen atoms in total. The predicted molar refractivity (Wildman–Crippen MR) is 89.7 cm³/mol. The van der Waals surface area contributed by atoms with Crippen molar-refractivity contribution in [2.75, 3.05) is 16.8 Å². The van der Waals surface area contributed by atoms with Crippen LogP contribution in [-0.4, -0.2) is 18.5 Å². The molecule has 1 atom stereocenters. The highest BCUT2D eigenvalue weighted by molar-refractivity contribution is 9.10. The summed E-state index contributed by atoms with van der Waals surface area (Å²) < 4.78 is 1.03. The fourth-order valence-electron chi connectivity index (χ4n) is 2.66. The highest BCUT2D eigenvalue weighted by Crippen LogP contribution is 2.28. The average Bonchev–Trinajstić information content (AvgIpc) is 2.92. The molecular formula is C17H17BrN2O. The van der Waals surface area contributed by atoms with Crippen LogP contribution in [0.2, 0.25) is 0 Å². The van der Waals surface area contributed by atoms with Gasteiger partial charge in [0.1, 0.15) is 6.04 Å². The van der Waals surface area contributed by atoms with Gasteiger partial charge in [0.25, 0.3) is 0 Å². The third-order valence-corrected chi connectivity index (χ3v) is 4.28. The first kappa shape index (κ1) is 14.1. The van der Waals surface area contributed by atoms with Gasteiger partial charge in [-0.2, -0.15) is 0 Å². The molecule has 1 N–H and O–H groups in total. The van der Waals surface area contributed by atoms with Crippen LogP contribution in [0.3, 0.4) is 0 Å². The minimum absolute atomic E-state index is 0.114. The van der Waals surface area contributed by atoms with E-state index < -0.39 is 0 Å². The highest BCUT2D eigenvalue weighted by atomic mass is 79.9. The van der Waals surface area contributed by atoms with Crippen LogP contribution in [0.4, 0.5) is 11.4 Å². The molecule has 0 saturated heterocycles. The van der Waals surface area contributed by atoms with Crippen LogP contribution in [-0.2, 0) is 11.2 Å². The van der Waals surface area contributed by atoms with Gasteiger partial charge in [0.05, 0.1) is 0 Å². The van der Waals surface area contributed by atoms with E-state index in [1.54, 1.807) is 0 Å². The molecule has 1 heterocycles. The van der Waals surface area contributed by atoms with Crippen LogP contribution in [0.1, 0.15) is 12.5 Å². The summed E-state index contributed by atoms with van der Waals surface area (Å²) in [4.78, 5) is 14.5. The largest absolute Gasteiger partial charge is 0.374 e. The fraction of sp³-hybridized carbons (Fsp3) is 0.235. The summed E-state index contributed by atoms with van der Waals surface area (Å²) in [6, 6.07) is 15.7. The number of amides is 1. The Kier molecular flexibility index (Phi) is 3.97. The van der Waals surface area contributed by atoms with Gasteiger partial charge < -0.3 is 10.2 Å².